The van der Waals surface area contributed by atoms with Crippen LogP contribution in [0.1, 0.15) is 22.0 Å². The minimum atomic E-state index is -0.827. The highest BCUT2D eigenvalue weighted by atomic mass is 32.1. The Morgan fingerprint density at radius 2 is 2.21 bits per heavy atom. The summed E-state index contributed by atoms with van der Waals surface area (Å²) in [6.45, 7) is 2.79. The van der Waals surface area contributed by atoms with Crippen molar-refractivity contribution < 1.29 is 19.4 Å². The number of carboxylic acid groups (broad SMARTS) is 1. The third-order valence-corrected chi connectivity index (χ3v) is 3.66. The van der Waals surface area contributed by atoms with Gasteiger partial charge in [-0.1, -0.05) is 0 Å². The molecule has 106 valence electrons. The van der Waals surface area contributed by atoms with E-state index < -0.39 is 5.97 Å². The molecule has 1 amide bonds. The van der Waals surface area contributed by atoms with E-state index in [9.17, 15) is 9.59 Å². The predicted octanol–water partition coefficient (Wildman–Crippen LogP) is 0.774. The highest BCUT2D eigenvalue weighted by Gasteiger charge is 2.12. The molecule has 6 nitrogen and oxygen atoms in total. The van der Waals surface area contributed by atoms with Gasteiger partial charge in [0.15, 0.2) is 0 Å². The van der Waals surface area contributed by atoms with Crippen LogP contribution in [0, 0.1) is 6.92 Å². The lowest BCUT2D eigenvalue weighted by Crippen LogP contribution is -2.28. The van der Waals surface area contributed by atoms with Crippen molar-refractivity contribution in [2.45, 2.75) is 26.2 Å². The molecule has 0 spiro atoms. The Hall–Kier alpha value is -1.47. The number of rotatable bonds is 8. The zero-order chi connectivity index (χ0) is 14.3. The molecule has 7 heteroatoms. The third-order valence-electron chi connectivity index (χ3n) is 2.44. The van der Waals surface area contributed by atoms with E-state index in [-0.39, 0.29) is 18.7 Å². The first-order valence-electron chi connectivity index (χ1n) is 5.95. The summed E-state index contributed by atoms with van der Waals surface area (Å²) in [5, 5.41) is 12.1. The maximum Gasteiger partial charge on any atom is 0.303 e. The molecule has 0 aliphatic carbocycles. The molecule has 1 heterocycles. The number of thiazole rings is 1. The van der Waals surface area contributed by atoms with Gasteiger partial charge in [0.25, 0.3) is 0 Å². The van der Waals surface area contributed by atoms with E-state index in [1.807, 2.05) is 6.92 Å². The molecule has 0 aromatic carbocycles. The smallest absolute Gasteiger partial charge is 0.303 e. The van der Waals surface area contributed by atoms with E-state index in [0.717, 1.165) is 10.6 Å². The summed E-state index contributed by atoms with van der Waals surface area (Å²) in [5.41, 5.74) is 0.811. The van der Waals surface area contributed by atoms with Gasteiger partial charge in [-0.15, -0.1) is 11.3 Å². The van der Waals surface area contributed by atoms with Crippen LogP contribution in [0.4, 0.5) is 0 Å². The molecule has 0 saturated heterocycles. The first-order valence-corrected chi connectivity index (χ1v) is 6.77. The number of amides is 1. The molecule has 1 aromatic rings. The maximum atomic E-state index is 11.6. The average molecular weight is 286 g/mol. The predicted molar refractivity (Wildman–Crippen MR) is 71.4 cm³/mol. The second-order valence-corrected chi connectivity index (χ2v) is 5.20. The number of aromatic nitrogens is 1. The summed E-state index contributed by atoms with van der Waals surface area (Å²) < 4.78 is 4.84. The normalized spacial score (nSPS) is 10.4. The lowest BCUT2D eigenvalue weighted by Gasteiger charge is -2.01. The van der Waals surface area contributed by atoms with Gasteiger partial charge in [-0.2, -0.15) is 0 Å². The Labute approximate surface area is 115 Å². The number of carbonyl (C=O) groups excluding carboxylic acids is 1. The minimum Gasteiger partial charge on any atom is -0.481 e. The van der Waals surface area contributed by atoms with Crippen LogP contribution in [0.5, 0.6) is 0 Å². The van der Waals surface area contributed by atoms with Gasteiger partial charge in [0, 0.05) is 18.5 Å². The second kappa shape index (κ2) is 7.85. The molecule has 0 radical (unpaired) electrons. The fraction of sp³-hybridized carbons (Fsp3) is 0.583. The molecule has 19 heavy (non-hydrogen) atoms. The van der Waals surface area contributed by atoms with Crippen molar-refractivity contribution in [1.29, 1.82) is 0 Å². The second-order valence-electron chi connectivity index (χ2n) is 4.03. The molecule has 0 saturated carbocycles. The first-order chi connectivity index (χ1) is 9.02. The van der Waals surface area contributed by atoms with Crippen molar-refractivity contribution in [3.05, 3.63) is 15.6 Å². The molecule has 0 aliphatic rings. The van der Waals surface area contributed by atoms with Crippen LogP contribution in [-0.2, 0) is 27.2 Å². The van der Waals surface area contributed by atoms with E-state index in [1.165, 1.54) is 11.3 Å². The van der Waals surface area contributed by atoms with Gasteiger partial charge in [0.05, 0.1) is 25.1 Å². The van der Waals surface area contributed by atoms with Crippen LogP contribution in [0.3, 0.4) is 0 Å². The molecule has 2 N–H and O–H groups in total. The molecule has 1 aromatic heterocycles. The van der Waals surface area contributed by atoms with E-state index in [2.05, 4.69) is 10.3 Å². The quantitative estimate of drug-likeness (QED) is 0.689. The molecule has 0 fully saturated rings. The fourth-order valence-electron chi connectivity index (χ4n) is 1.51. The van der Waals surface area contributed by atoms with Gasteiger partial charge in [-0.3, -0.25) is 9.59 Å². The van der Waals surface area contributed by atoms with Gasteiger partial charge in [0.2, 0.25) is 5.91 Å². The van der Waals surface area contributed by atoms with Crippen LogP contribution in [0.15, 0.2) is 0 Å². The summed E-state index contributed by atoms with van der Waals surface area (Å²) in [6.07, 6.45) is 0.773. The number of methoxy groups -OCH3 is 1. The number of hydrogen-bond acceptors (Lipinski definition) is 5. The van der Waals surface area contributed by atoms with Crippen molar-refractivity contribution in [2.75, 3.05) is 20.3 Å². The Bertz CT molecular complexity index is 445. The monoisotopic (exact) mass is 286 g/mol. The fourth-order valence-corrected chi connectivity index (χ4v) is 2.58. The largest absolute Gasteiger partial charge is 0.481 e. The van der Waals surface area contributed by atoms with Crippen molar-refractivity contribution in [3.63, 3.8) is 0 Å². The van der Waals surface area contributed by atoms with E-state index in [1.54, 1.807) is 7.11 Å². The lowest BCUT2D eigenvalue weighted by atomic mass is 10.2. The summed E-state index contributed by atoms with van der Waals surface area (Å²) in [7, 11) is 1.57. The summed E-state index contributed by atoms with van der Waals surface area (Å²) in [6, 6.07) is 0. The number of nitrogens with one attached hydrogen (secondary N) is 1. The van der Waals surface area contributed by atoms with Crippen LogP contribution >= 0.6 is 11.3 Å². The Morgan fingerprint density at radius 1 is 1.47 bits per heavy atom. The third kappa shape index (κ3) is 5.80. The molecular formula is C12H18N2O4S. The van der Waals surface area contributed by atoms with Crippen molar-refractivity contribution in [3.8, 4) is 0 Å². The Balaban J connectivity index is 2.48. The number of ether oxygens (including phenoxy) is 1. The van der Waals surface area contributed by atoms with Gasteiger partial charge in [-0.05, 0) is 13.3 Å². The van der Waals surface area contributed by atoms with Gasteiger partial charge >= 0.3 is 5.97 Å². The molecule has 0 bridgehead atoms. The molecule has 1 rings (SSSR count). The Kier molecular flexibility index (Phi) is 6.44. The highest BCUT2D eigenvalue weighted by Crippen LogP contribution is 2.20. The molecule has 0 atom stereocenters. The van der Waals surface area contributed by atoms with Gasteiger partial charge in [0.1, 0.15) is 5.01 Å². The number of carboxylic acids is 1. The highest BCUT2D eigenvalue weighted by molar-refractivity contribution is 7.11. The van der Waals surface area contributed by atoms with E-state index >= 15 is 0 Å². The number of nitrogens with zero attached hydrogens (tertiary/aromatic N) is 1. The Morgan fingerprint density at radius 3 is 2.84 bits per heavy atom. The molecular weight excluding hydrogens is 268 g/mol. The zero-order valence-electron chi connectivity index (χ0n) is 11.1. The average Bonchev–Trinajstić information content (AvgIpc) is 2.67. The van der Waals surface area contributed by atoms with Crippen LogP contribution < -0.4 is 5.32 Å². The summed E-state index contributed by atoms with van der Waals surface area (Å²) in [5.74, 6) is -0.928. The van der Waals surface area contributed by atoms with Crippen molar-refractivity contribution in [2.24, 2.45) is 0 Å². The number of aryl methyl sites for hydroxylation is 2. The van der Waals surface area contributed by atoms with Gasteiger partial charge in [-0.25, -0.2) is 4.98 Å². The lowest BCUT2D eigenvalue weighted by molar-refractivity contribution is -0.137. The minimum absolute atomic E-state index is 0.0858. The van der Waals surface area contributed by atoms with Crippen LogP contribution in [-0.4, -0.2) is 42.2 Å². The number of aliphatic carboxylic acids is 1. The van der Waals surface area contributed by atoms with E-state index in [0.29, 0.717) is 24.6 Å². The van der Waals surface area contributed by atoms with E-state index in [4.69, 9.17) is 9.84 Å². The zero-order valence-corrected chi connectivity index (χ0v) is 11.9. The number of hydrogen-bond donors (Lipinski definition) is 2. The number of carbonyl (C=O) groups is 2. The van der Waals surface area contributed by atoms with Crippen LogP contribution in [0.25, 0.3) is 0 Å². The van der Waals surface area contributed by atoms with Crippen molar-refractivity contribution in [1.82, 2.24) is 10.3 Å². The topological polar surface area (TPSA) is 88.5 Å². The summed E-state index contributed by atoms with van der Waals surface area (Å²) >= 11 is 1.40. The summed E-state index contributed by atoms with van der Waals surface area (Å²) in [4.78, 5) is 27.3. The SMILES string of the molecule is COCCNC(=O)Cc1nc(C)c(CCC(=O)O)s1. The van der Waals surface area contributed by atoms with Crippen molar-refractivity contribution >= 4 is 23.2 Å². The van der Waals surface area contributed by atoms with Gasteiger partial charge < -0.3 is 15.2 Å². The molecule has 0 aliphatic heterocycles. The first kappa shape index (κ1) is 15.6. The maximum absolute atomic E-state index is 11.6. The standard InChI is InChI=1S/C12H18N2O4S/c1-8-9(3-4-12(16)17)19-11(14-8)7-10(15)13-5-6-18-2/h3-7H2,1-2H3,(H,13,15)(H,16,17). The molecule has 0 unspecified atom stereocenters. The van der Waals surface area contributed by atoms with Crippen LogP contribution in [0.2, 0.25) is 0 Å².